The molecule has 1 aliphatic carbocycles. The molecule has 1 aromatic carbocycles. The van der Waals surface area contributed by atoms with Crippen molar-refractivity contribution < 1.29 is 0 Å². The van der Waals surface area contributed by atoms with Gasteiger partial charge in [0.1, 0.15) is 5.56 Å². The third kappa shape index (κ3) is 1.31. The molecule has 0 radical (unpaired) electrons. The zero-order valence-electron chi connectivity index (χ0n) is 6.51. The maximum absolute atomic E-state index is 3.39. The zero-order chi connectivity index (χ0) is 7.52. The lowest BCUT2D eigenvalue weighted by molar-refractivity contribution is 0.927. The van der Waals surface area contributed by atoms with Crippen molar-refractivity contribution in [3.63, 3.8) is 0 Å². The van der Waals surface area contributed by atoms with Crippen molar-refractivity contribution in [1.82, 2.24) is 0 Å². The molecule has 0 atom stereocenters. The fraction of sp³-hybridized carbons (Fsp3) is 0.273. The summed E-state index contributed by atoms with van der Waals surface area (Å²) < 4.78 is 0. The Bertz CT molecular complexity index is 257. The zero-order valence-corrected chi connectivity index (χ0v) is 6.51. The lowest BCUT2D eigenvalue weighted by Gasteiger charge is -1.87. The maximum atomic E-state index is 3.39. The van der Waals surface area contributed by atoms with Crippen molar-refractivity contribution in [3.8, 4) is 0 Å². The molecule has 0 unspecified atom stereocenters. The minimum atomic E-state index is 1.14. The molecule has 1 aliphatic rings. The maximum Gasteiger partial charge on any atom is 0.174 e. The van der Waals surface area contributed by atoms with E-state index in [9.17, 15) is 0 Å². The standard InChI is InChI=1S/C11H11/c1-2-6-10(7-3-1)11-8-4-5-9-11/h1-3,6-7H,4-5,8H2/q+1. The van der Waals surface area contributed by atoms with E-state index in [2.05, 4.69) is 36.4 Å². The van der Waals surface area contributed by atoms with Crippen molar-refractivity contribution >= 4 is 5.57 Å². The lowest BCUT2D eigenvalue weighted by atomic mass is 10.1. The molecule has 2 rings (SSSR count). The molecule has 0 amide bonds. The summed E-state index contributed by atoms with van der Waals surface area (Å²) in [5.41, 5.74) is 2.76. The Hall–Kier alpha value is -1.13. The average molecular weight is 143 g/mol. The van der Waals surface area contributed by atoms with Gasteiger partial charge in [0.15, 0.2) is 5.57 Å². The Labute approximate surface area is 67.6 Å². The second-order valence-electron chi connectivity index (χ2n) is 2.87. The summed E-state index contributed by atoms with van der Waals surface area (Å²) in [6, 6.07) is 10.5. The molecule has 0 heterocycles. The van der Waals surface area contributed by atoms with E-state index >= 15 is 0 Å². The molecule has 0 heteroatoms. The Morgan fingerprint density at radius 2 is 1.91 bits per heavy atom. The molecule has 0 aromatic heterocycles. The van der Waals surface area contributed by atoms with E-state index in [1.165, 1.54) is 24.0 Å². The highest BCUT2D eigenvalue weighted by molar-refractivity contribution is 5.64. The SMILES string of the molecule is [C+]1=C(c2ccccc2)CCC1. The largest absolute Gasteiger partial charge is 0.174 e. The number of benzene rings is 1. The van der Waals surface area contributed by atoms with Gasteiger partial charge in [-0.2, -0.15) is 0 Å². The van der Waals surface area contributed by atoms with Gasteiger partial charge in [-0.15, -0.1) is 0 Å². The van der Waals surface area contributed by atoms with Crippen LogP contribution in [0.3, 0.4) is 0 Å². The third-order valence-corrected chi connectivity index (χ3v) is 2.06. The van der Waals surface area contributed by atoms with Crippen molar-refractivity contribution in [2.45, 2.75) is 19.3 Å². The second-order valence-corrected chi connectivity index (χ2v) is 2.87. The first-order chi connectivity index (χ1) is 5.47. The number of hydrogen-bond acceptors (Lipinski definition) is 0. The van der Waals surface area contributed by atoms with Gasteiger partial charge in [-0.3, -0.25) is 0 Å². The minimum Gasteiger partial charge on any atom is -0.0586 e. The fourth-order valence-electron chi connectivity index (χ4n) is 1.48. The second kappa shape index (κ2) is 2.86. The summed E-state index contributed by atoms with van der Waals surface area (Å²) >= 11 is 0. The van der Waals surface area contributed by atoms with E-state index in [1.54, 1.807) is 0 Å². The summed E-state index contributed by atoms with van der Waals surface area (Å²) in [6.45, 7) is 0. The molecule has 54 valence electrons. The van der Waals surface area contributed by atoms with Gasteiger partial charge in [0.25, 0.3) is 0 Å². The summed E-state index contributed by atoms with van der Waals surface area (Å²) in [6.07, 6.45) is 7.03. The van der Waals surface area contributed by atoms with Crippen LogP contribution < -0.4 is 0 Å². The predicted octanol–water partition coefficient (Wildman–Crippen LogP) is 3.06. The van der Waals surface area contributed by atoms with Crippen molar-refractivity contribution in [1.29, 1.82) is 0 Å². The van der Waals surface area contributed by atoms with Crippen LogP contribution >= 0.6 is 0 Å². The van der Waals surface area contributed by atoms with Crippen LogP contribution in [0.15, 0.2) is 30.3 Å². The molecule has 0 fully saturated rings. The molecule has 0 N–H and O–H groups in total. The first-order valence-electron chi connectivity index (χ1n) is 4.12. The van der Waals surface area contributed by atoms with Crippen LogP contribution in [-0.2, 0) is 0 Å². The van der Waals surface area contributed by atoms with Crippen LogP contribution in [0.25, 0.3) is 5.57 Å². The average Bonchev–Trinajstić information content (AvgIpc) is 2.58. The van der Waals surface area contributed by atoms with E-state index in [4.69, 9.17) is 0 Å². The Kier molecular flexibility index (Phi) is 1.71. The molecule has 0 saturated heterocycles. The van der Waals surface area contributed by atoms with E-state index in [0.717, 1.165) is 6.42 Å². The van der Waals surface area contributed by atoms with E-state index in [0.29, 0.717) is 0 Å². The molecule has 11 heavy (non-hydrogen) atoms. The van der Waals surface area contributed by atoms with Crippen LogP contribution in [0, 0.1) is 6.08 Å². The normalized spacial score (nSPS) is 15.8. The van der Waals surface area contributed by atoms with Crippen LogP contribution in [0.2, 0.25) is 0 Å². The van der Waals surface area contributed by atoms with Crippen molar-refractivity contribution in [2.24, 2.45) is 0 Å². The van der Waals surface area contributed by atoms with Gasteiger partial charge in [0, 0.05) is 18.6 Å². The molecule has 0 aliphatic heterocycles. The molecule has 0 bridgehead atoms. The van der Waals surface area contributed by atoms with Gasteiger partial charge < -0.3 is 0 Å². The fourth-order valence-corrected chi connectivity index (χ4v) is 1.48. The summed E-state index contributed by atoms with van der Waals surface area (Å²) in [4.78, 5) is 0. The van der Waals surface area contributed by atoms with E-state index in [1.807, 2.05) is 0 Å². The van der Waals surface area contributed by atoms with Gasteiger partial charge >= 0.3 is 0 Å². The number of allylic oxidation sites excluding steroid dienone is 2. The van der Waals surface area contributed by atoms with Crippen LogP contribution in [-0.4, -0.2) is 0 Å². The van der Waals surface area contributed by atoms with Gasteiger partial charge in [-0.25, -0.2) is 0 Å². The monoisotopic (exact) mass is 143 g/mol. The van der Waals surface area contributed by atoms with E-state index < -0.39 is 0 Å². The van der Waals surface area contributed by atoms with Crippen LogP contribution in [0.4, 0.5) is 0 Å². The van der Waals surface area contributed by atoms with Crippen molar-refractivity contribution in [3.05, 3.63) is 42.0 Å². The van der Waals surface area contributed by atoms with Gasteiger partial charge in [0.2, 0.25) is 0 Å². The smallest absolute Gasteiger partial charge is 0.0586 e. The number of hydrogen-bond donors (Lipinski definition) is 0. The topological polar surface area (TPSA) is 0 Å². The Morgan fingerprint density at radius 1 is 1.09 bits per heavy atom. The highest BCUT2D eigenvalue weighted by atomic mass is 14.1. The lowest BCUT2D eigenvalue weighted by Crippen LogP contribution is -1.77. The summed E-state index contributed by atoms with van der Waals surface area (Å²) in [5, 5.41) is 0. The molecule has 0 saturated carbocycles. The molecule has 0 spiro atoms. The first kappa shape index (κ1) is 6.57. The molecular formula is C11H11+. The predicted molar refractivity (Wildman–Crippen MR) is 46.9 cm³/mol. The molecule has 1 aromatic rings. The first-order valence-corrected chi connectivity index (χ1v) is 4.12. The van der Waals surface area contributed by atoms with Gasteiger partial charge in [0.05, 0.1) is 12.5 Å². The summed E-state index contributed by atoms with van der Waals surface area (Å²) in [7, 11) is 0. The highest BCUT2D eigenvalue weighted by Crippen LogP contribution is 2.25. The van der Waals surface area contributed by atoms with Crippen LogP contribution in [0.5, 0.6) is 0 Å². The third-order valence-electron chi connectivity index (χ3n) is 2.06. The Balaban J connectivity index is 2.29. The minimum absolute atomic E-state index is 1.14. The summed E-state index contributed by atoms with van der Waals surface area (Å²) in [5.74, 6) is 0. The number of rotatable bonds is 1. The van der Waals surface area contributed by atoms with Crippen LogP contribution in [0.1, 0.15) is 24.8 Å². The van der Waals surface area contributed by atoms with Gasteiger partial charge in [-0.05, 0) is 18.6 Å². The van der Waals surface area contributed by atoms with E-state index in [-0.39, 0.29) is 0 Å². The Morgan fingerprint density at radius 3 is 2.55 bits per heavy atom. The van der Waals surface area contributed by atoms with Crippen molar-refractivity contribution in [2.75, 3.05) is 0 Å². The molecule has 0 nitrogen and oxygen atoms in total. The highest BCUT2D eigenvalue weighted by Gasteiger charge is 2.17. The molecular weight excluding hydrogens is 132 g/mol. The quantitative estimate of drug-likeness (QED) is 0.530. The van der Waals surface area contributed by atoms with Gasteiger partial charge in [-0.1, -0.05) is 6.07 Å².